The first-order chi connectivity index (χ1) is 25.0. The summed E-state index contributed by atoms with van der Waals surface area (Å²) < 4.78 is 22.7. The molecule has 4 rings (SSSR count). The summed E-state index contributed by atoms with van der Waals surface area (Å²) in [5.74, 6) is -0.927. The Hall–Kier alpha value is -4.70. The lowest BCUT2D eigenvalue weighted by atomic mass is 10.0. The highest BCUT2D eigenvalue weighted by atomic mass is 35.5. The number of halogens is 2. The number of rotatable bonds is 21. The third-order valence-corrected chi connectivity index (χ3v) is 8.52. The third kappa shape index (κ3) is 11.7. The molecule has 278 valence electrons. The second-order valence-electron chi connectivity index (χ2n) is 11.5. The number of carbonyl (C=O) groups is 2. The van der Waals surface area contributed by atoms with Gasteiger partial charge in [0.2, 0.25) is 23.5 Å². The molecule has 0 saturated carbocycles. The van der Waals surface area contributed by atoms with Gasteiger partial charge in [0, 0.05) is 71.7 Å². The van der Waals surface area contributed by atoms with Gasteiger partial charge in [-0.2, -0.15) is 9.97 Å². The van der Waals surface area contributed by atoms with Gasteiger partial charge in [-0.15, -0.1) is 0 Å². The number of nitrogens with zero attached hydrogens (tertiary/aromatic N) is 2. The van der Waals surface area contributed by atoms with Gasteiger partial charge in [0.1, 0.15) is 13.2 Å². The molecule has 16 heteroatoms. The normalized spacial score (nSPS) is 12.2. The van der Waals surface area contributed by atoms with E-state index in [4.69, 9.17) is 52.4 Å². The van der Waals surface area contributed by atoms with E-state index in [0.29, 0.717) is 80.0 Å². The molecule has 2 aromatic carbocycles. The lowest BCUT2D eigenvalue weighted by Crippen LogP contribution is -2.28. The largest absolute Gasteiger partial charge is 0.481 e. The van der Waals surface area contributed by atoms with Crippen LogP contribution in [0.3, 0.4) is 0 Å². The van der Waals surface area contributed by atoms with E-state index in [2.05, 4.69) is 20.6 Å². The van der Waals surface area contributed by atoms with Gasteiger partial charge in [-0.05, 0) is 12.1 Å². The van der Waals surface area contributed by atoms with Crippen LogP contribution in [0.2, 0.25) is 10.0 Å². The molecule has 0 amide bonds. The van der Waals surface area contributed by atoms with E-state index in [1.165, 1.54) is 14.2 Å². The molecular weight excluding hydrogens is 719 g/mol. The highest BCUT2D eigenvalue weighted by molar-refractivity contribution is 6.37. The number of ether oxygens (including phenoxy) is 4. The summed E-state index contributed by atoms with van der Waals surface area (Å²) in [6.07, 6.45) is -2.76. The minimum atomic E-state index is -1.08. The van der Waals surface area contributed by atoms with Crippen molar-refractivity contribution in [2.24, 2.45) is 0 Å². The summed E-state index contributed by atoms with van der Waals surface area (Å²) in [6, 6.07) is 18.0. The Morgan fingerprint density at radius 1 is 0.654 bits per heavy atom. The van der Waals surface area contributed by atoms with Gasteiger partial charge in [-0.25, -0.2) is 0 Å². The molecule has 0 aliphatic heterocycles. The van der Waals surface area contributed by atoms with Gasteiger partial charge >= 0.3 is 11.9 Å². The van der Waals surface area contributed by atoms with Crippen molar-refractivity contribution < 1.29 is 49.0 Å². The number of carboxylic acid groups (broad SMARTS) is 2. The number of aliphatic hydroxyl groups is 2. The van der Waals surface area contributed by atoms with E-state index in [-0.39, 0.29) is 39.1 Å². The van der Waals surface area contributed by atoms with Crippen LogP contribution in [0.25, 0.3) is 11.1 Å². The zero-order valence-electron chi connectivity index (χ0n) is 28.5. The smallest absolute Gasteiger partial charge is 0.306 e. The molecule has 2 atom stereocenters. The maximum atomic E-state index is 10.8. The molecule has 0 aliphatic rings. The summed E-state index contributed by atoms with van der Waals surface area (Å²) in [7, 11) is 2.95. The Morgan fingerprint density at radius 3 is 1.42 bits per heavy atom. The van der Waals surface area contributed by atoms with Crippen LogP contribution >= 0.6 is 23.2 Å². The zero-order chi connectivity index (χ0) is 37.6. The molecule has 14 nitrogen and oxygen atoms in total. The number of aliphatic carboxylic acids is 2. The van der Waals surface area contributed by atoms with Crippen molar-refractivity contribution in [3.8, 4) is 34.6 Å². The van der Waals surface area contributed by atoms with Crippen LogP contribution in [-0.4, -0.2) is 81.8 Å². The molecule has 2 aromatic heterocycles. The van der Waals surface area contributed by atoms with E-state index >= 15 is 0 Å². The SMILES string of the molecule is COc1nc(OCc2cccc(-c3cccc(COc4ccc(CNC[C@H](O)CC(=O)O)c(OC)n4)c3Cl)c2Cl)ccc1CNC[C@H](O)CC(=O)O. The molecule has 6 N–H and O–H groups in total. The van der Waals surface area contributed by atoms with Crippen molar-refractivity contribution in [1.82, 2.24) is 20.6 Å². The summed E-state index contributed by atoms with van der Waals surface area (Å²) in [5, 5.41) is 44.0. The van der Waals surface area contributed by atoms with Crippen LogP contribution in [0.5, 0.6) is 23.5 Å². The number of hydrogen-bond acceptors (Lipinski definition) is 12. The monoisotopic (exact) mass is 758 g/mol. The molecule has 0 aliphatic carbocycles. The molecule has 0 unspecified atom stereocenters. The van der Waals surface area contributed by atoms with Crippen molar-refractivity contribution in [3.63, 3.8) is 0 Å². The van der Waals surface area contributed by atoms with Gasteiger partial charge in [-0.1, -0.05) is 59.6 Å². The third-order valence-electron chi connectivity index (χ3n) is 7.62. The second-order valence-corrected chi connectivity index (χ2v) is 12.3. The highest BCUT2D eigenvalue weighted by Gasteiger charge is 2.17. The van der Waals surface area contributed by atoms with Crippen molar-refractivity contribution in [1.29, 1.82) is 0 Å². The Bertz CT molecular complexity index is 1700. The summed E-state index contributed by atoms with van der Waals surface area (Å²) in [5.41, 5.74) is 4.16. The summed E-state index contributed by atoms with van der Waals surface area (Å²) in [6.45, 7) is 0.983. The van der Waals surface area contributed by atoms with Gasteiger partial charge in [0.05, 0.1) is 49.3 Å². The predicted octanol–water partition coefficient (Wildman–Crippen LogP) is 4.48. The molecule has 4 aromatic rings. The number of nitrogens with one attached hydrogen (secondary N) is 2. The summed E-state index contributed by atoms with van der Waals surface area (Å²) in [4.78, 5) is 30.3. The first-order valence-electron chi connectivity index (χ1n) is 16.1. The van der Waals surface area contributed by atoms with E-state index in [9.17, 15) is 19.8 Å². The van der Waals surface area contributed by atoms with Crippen LogP contribution in [0, 0.1) is 0 Å². The quantitative estimate of drug-likeness (QED) is 0.0695. The van der Waals surface area contributed by atoms with Crippen LogP contribution in [-0.2, 0) is 35.9 Å². The number of hydrogen-bond donors (Lipinski definition) is 6. The van der Waals surface area contributed by atoms with Crippen molar-refractivity contribution in [3.05, 3.63) is 93.0 Å². The topological polar surface area (TPSA) is 202 Å². The maximum absolute atomic E-state index is 10.8. The lowest BCUT2D eigenvalue weighted by Gasteiger charge is -2.15. The van der Waals surface area contributed by atoms with Crippen molar-refractivity contribution in [2.75, 3.05) is 27.3 Å². The Morgan fingerprint density at radius 2 is 1.06 bits per heavy atom. The number of carboxylic acids is 2. The Kier molecular flexibility index (Phi) is 15.2. The number of benzene rings is 2. The minimum absolute atomic E-state index is 0.0925. The van der Waals surface area contributed by atoms with Crippen LogP contribution in [0.15, 0.2) is 60.7 Å². The fraction of sp³-hybridized carbons (Fsp3) is 0.333. The van der Waals surface area contributed by atoms with E-state index in [1.54, 1.807) is 24.3 Å². The van der Waals surface area contributed by atoms with E-state index < -0.39 is 24.1 Å². The van der Waals surface area contributed by atoms with Gasteiger partial charge in [0.15, 0.2) is 0 Å². The fourth-order valence-electron chi connectivity index (χ4n) is 5.08. The number of aliphatic hydroxyl groups excluding tert-OH is 2. The van der Waals surface area contributed by atoms with E-state index in [1.807, 2.05) is 36.4 Å². The molecule has 0 spiro atoms. The molecule has 0 radical (unpaired) electrons. The highest BCUT2D eigenvalue weighted by Crippen LogP contribution is 2.37. The minimum Gasteiger partial charge on any atom is -0.481 e. The first-order valence-corrected chi connectivity index (χ1v) is 16.8. The average molecular weight is 760 g/mol. The average Bonchev–Trinajstić information content (AvgIpc) is 3.11. The molecular formula is C36H40Cl2N4O10. The first kappa shape index (κ1) is 40.1. The molecule has 0 fully saturated rings. The zero-order valence-corrected chi connectivity index (χ0v) is 30.0. The van der Waals surface area contributed by atoms with Crippen molar-refractivity contribution in [2.45, 2.75) is 51.4 Å². The lowest BCUT2D eigenvalue weighted by molar-refractivity contribution is -0.140. The number of methoxy groups -OCH3 is 2. The molecule has 0 bridgehead atoms. The fourth-order valence-corrected chi connectivity index (χ4v) is 5.65. The predicted molar refractivity (Wildman–Crippen MR) is 192 cm³/mol. The van der Waals surface area contributed by atoms with Crippen LogP contribution in [0.4, 0.5) is 0 Å². The molecule has 0 saturated heterocycles. The van der Waals surface area contributed by atoms with Gasteiger partial charge in [0.25, 0.3) is 0 Å². The summed E-state index contributed by atoms with van der Waals surface area (Å²) >= 11 is 13.8. The standard InChI is InChI=1S/C36H40Cl2N4O10/c1-49-35-21(15-39-17-25(43)13-31(45)46)9-11-29(41-35)51-19-23-5-3-7-27(33(23)37)28-8-4-6-24(34(28)38)20-52-30-12-10-22(36(42-30)50-2)16-40-18-26(44)14-32(47)48/h3-12,25-26,39-40,43-44H,13-20H2,1-2H3,(H,45,46)(H,47,48)/t25-,26-/m1/s1. The molecule has 52 heavy (non-hydrogen) atoms. The van der Waals surface area contributed by atoms with Crippen molar-refractivity contribution >= 4 is 35.1 Å². The van der Waals surface area contributed by atoms with Gasteiger partial charge < -0.3 is 50.0 Å². The number of aromatic nitrogens is 2. The number of pyridine rings is 2. The second kappa shape index (κ2) is 19.8. The maximum Gasteiger partial charge on any atom is 0.306 e. The van der Waals surface area contributed by atoms with E-state index in [0.717, 1.165) is 0 Å². The van der Waals surface area contributed by atoms with Gasteiger partial charge in [-0.3, -0.25) is 9.59 Å². The van der Waals surface area contributed by atoms with Crippen LogP contribution in [0.1, 0.15) is 35.1 Å². The molecule has 2 heterocycles. The Balaban J connectivity index is 1.39. The Labute approximate surface area is 310 Å². The van der Waals surface area contributed by atoms with Crippen LogP contribution < -0.4 is 29.6 Å².